The van der Waals surface area contributed by atoms with Crippen LogP contribution in [0.25, 0.3) is 16.8 Å². The van der Waals surface area contributed by atoms with Gasteiger partial charge in [0.25, 0.3) is 0 Å². The molecule has 2 saturated carbocycles. The second-order valence-corrected chi connectivity index (χ2v) is 16.1. The first-order chi connectivity index (χ1) is 24.7. The maximum absolute atomic E-state index is 16.1. The summed E-state index contributed by atoms with van der Waals surface area (Å²) in [5.74, 6) is 2.31. The molecule has 7 heteroatoms. The van der Waals surface area contributed by atoms with Crippen LogP contribution in [0.2, 0.25) is 0 Å². The van der Waals surface area contributed by atoms with E-state index in [4.69, 9.17) is 4.98 Å². The van der Waals surface area contributed by atoms with Crippen molar-refractivity contribution in [2.75, 3.05) is 19.6 Å². The highest BCUT2D eigenvalue weighted by Crippen LogP contribution is 2.83. The molecule has 1 spiro atoms. The molecule has 268 valence electrons. The Labute approximate surface area is 304 Å². The lowest BCUT2D eigenvalue weighted by Gasteiger charge is -2.32. The predicted molar refractivity (Wildman–Crippen MR) is 206 cm³/mol. The number of hydrogen-bond acceptors (Lipinski definition) is 4. The van der Waals surface area contributed by atoms with Crippen LogP contribution < -0.4 is 5.32 Å². The first kappa shape index (κ1) is 34.1. The number of aliphatic imine (C=N–C) groups is 1. The fraction of sp³-hybridized carbons (Fsp3) is 0.500. The Morgan fingerprint density at radius 2 is 1.92 bits per heavy atom. The third-order valence-electron chi connectivity index (χ3n) is 13.4. The molecule has 51 heavy (non-hydrogen) atoms. The van der Waals surface area contributed by atoms with E-state index in [9.17, 15) is 0 Å². The Balaban J connectivity index is 1.01. The van der Waals surface area contributed by atoms with Crippen LogP contribution in [0, 0.1) is 23.1 Å². The Hall–Kier alpha value is -3.97. The number of amidine groups is 1. The van der Waals surface area contributed by atoms with E-state index in [0.717, 1.165) is 70.8 Å². The number of halogens is 1. The van der Waals surface area contributed by atoms with Gasteiger partial charge < -0.3 is 19.7 Å². The summed E-state index contributed by atoms with van der Waals surface area (Å²) < 4.78 is 18.4. The van der Waals surface area contributed by atoms with Crippen molar-refractivity contribution in [1.29, 1.82) is 0 Å². The number of hydrogen-bond donors (Lipinski definition) is 1. The first-order valence-electron chi connectivity index (χ1n) is 19.5. The largest absolute Gasteiger partial charge is 0.353 e. The topological polar surface area (TPSA) is 48.7 Å². The second-order valence-electron chi connectivity index (χ2n) is 16.1. The molecule has 2 aliphatic carbocycles. The molecule has 0 amide bonds. The number of benzene rings is 2. The summed E-state index contributed by atoms with van der Waals surface area (Å²) in [7, 11) is 0. The summed E-state index contributed by atoms with van der Waals surface area (Å²) in [5, 5.41) is 3.41. The average molecular weight is 687 g/mol. The molecule has 4 atom stereocenters. The summed E-state index contributed by atoms with van der Waals surface area (Å²) in [4.78, 5) is 14.3. The lowest BCUT2D eigenvalue weighted by molar-refractivity contribution is 0.171. The van der Waals surface area contributed by atoms with Crippen molar-refractivity contribution in [2.45, 2.75) is 104 Å². The van der Waals surface area contributed by atoms with Crippen LogP contribution in [0.3, 0.4) is 0 Å². The highest BCUT2D eigenvalue weighted by molar-refractivity contribution is 5.82. The molecule has 3 aliphatic heterocycles. The quantitative estimate of drug-likeness (QED) is 0.161. The van der Waals surface area contributed by atoms with Gasteiger partial charge >= 0.3 is 0 Å². The zero-order chi connectivity index (χ0) is 35.5. The van der Waals surface area contributed by atoms with Gasteiger partial charge in [-0.3, -0.25) is 0 Å². The molecular formula is C44H55FN6. The number of likely N-dealkylation sites (tertiary alicyclic amines) is 1. The molecule has 3 aromatic rings. The summed E-state index contributed by atoms with van der Waals surface area (Å²) in [5.41, 5.74) is 9.44. The molecule has 1 aromatic heterocycles. The van der Waals surface area contributed by atoms with Gasteiger partial charge in [0.2, 0.25) is 0 Å². The van der Waals surface area contributed by atoms with E-state index in [-0.39, 0.29) is 11.9 Å². The van der Waals surface area contributed by atoms with Crippen molar-refractivity contribution >= 4 is 11.5 Å². The fourth-order valence-electron chi connectivity index (χ4n) is 10.3. The number of aromatic nitrogens is 2. The minimum atomic E-state index is -0.317. The number of rotatable bonds is 11. The van der Waals surface area contributed by atoms with Gasteiger partial charge in [0.05, 0.1) is 12.0 Å². The van der Waals surface area contributed by atoms with Crippen molar-refractivity contribution in [3.63, 3.8) is 0 Å². The van der Waals surface area contributed by atoms with Crippen LogP contribution in [0.4, 0.5) is 4.39 Å². The smallest absolute Gasteiger partial charge is 0.129 e. The van der Waals surface area contributed by atoms with Crippen LogP contribution in [-0.4, -0.2) is 44.8 Å². The minimum Gasteiger partial charge on any atom is -0.353 e. The average Bonchev–Trinajstić information content (AvgIpc) is 3.72. The van der Waals surface area contributed by atoms with Gasteiger partial charge in [0.1, 0.15) is 17.7 Å². The van der Waals surface area contributed by atoms with Gasteiger partial charge in [-0.05, 0) is 118 Å². The Morgan fingerprint density at radius 1 is 1.14 bits per heavy atom. The van der Waals surface area contributed by atoms with Crippen molar-refractivity contribution in [1.82, 2.24) is 24.7 Å². The number of nitrogens with zero attached hydrogens (tertiary/aromatic N) is 5. The first-order valence-corrected chi connectivity index (χ1v) is 19.5. The molecule has 6 nitrogen and oxygen atoms in total. The Morgan fingerprint density at radius 3 is 2.65 bits per heavy atom. The number of imidazole rings is 1. The van der Waals surface area contributed by atoms with Crippen LogP contribution in [-0.2, 0) is 24.9 Å². The van der Waals surface area contributed by atoms with Gasteiger partial charge in [-0.1, -0.05) is 63.8 Å². The summed E-state index contributed by atoms with van der Waals surface area (Å²) in [6, 6.07) is 12.6. The Kier molecular flexibility index (Phi) is 8.85. The van der Waals surface area contributed by atoms with E-state index < -0.39 is 0 Å². The van der Waals surface area contributed by atoms with E-state index in [0.29, 0.717) is 22.9 Å². The standard InChI is InChI=1S/C44H55FN6/c1-7-18-46-31(6)48-29(4)42(41-40-11-10-19-50(40)28-47-41)51-26-38-37(30(51)5)22-34(23-39(38)45)33-12-14-35(15-13-33)43(9-3)27-44(43)24-36(44)25-49-20-16-32(8-2)17-21-49/h7,12-15,18,22-23,28,32,36,42H,4-5,8-11,16-17,19-21,24-27H2,1-3,6H3,(H,46,48)/b18-7-. The van der Waals surface area contributed by atoms with Gasteiger partial charge in [-0.25, -0.2) is 14.4 Å². The van der Waals surface area contributed by atoms with Gasteiger partial charge in [-0.15, -0.1) is 0 Å². The molecule has 1 N–H and O–H groups in total. The van der Waals surface area contributed by atoms with E-state index in [1.807, 2.05) is 26.3 Å². The number of allylic oxidation sites excluding steroid dienone is 1. The molecule has 4 heterocycles. The summed E-state index contributed by atoms with van der Waals surface area (Å²) in [6.45, 7) is 22.8. The zero-order valence-corrected chi connectivity index (χ0v) is 31.1. The Bertz CT molecular complexity index is 1890. The van der Waals surface area contributed by atoms with E-state index in [1.54, 1.807) is 12.3 Å². The lowest BCUT2D eigenvalue weighted by Crippen LogP contribution is -2.35. The molecule has 8 rings (SSSR count). The molecule has 2 aromatic carbocycles. The monoisotopic (exact) mass is 686 g/mol. The van der Waals surface area contributed by atoms with Gasteiger partial charge in [0, 0.05) is 59.5 Å². The van der Waals surface area contributed by atoms with E-state index in [2.05, 4.69) is 82.0 Å². The summed E-state index contributed by atoms with van der Waals surface area (Å²) in [6.07, 6.45) is 15.6. The predicted octanol–water partition coefficient (Wildman–Crippen LogP) is 9.40. The third-order valence-corrected chi connectivity index (χ3v) is 13.4. The number of fused-ring (bicyclic) bond motifs is 2. The van der Waals surface area contributed by atoms with Crippen molar-refractivity contribution in [2.24, 2.45) is 22.2 Å². The normalized spacial score (nSPS) is 26.6. The highest BCUT2D eigenvalue weighted by Gasteiger charge is 2.78. The second kappa shape index (κ2) is 13.2. The molecule has 4 unspecified atom stereocenters. The van der Waals surface area contributed by atoms with Gasteiger partial charge in [0.15, 0.2) is 0 Å². The SMILES string of the molecule is C=C(NC(C)=N/C=C\C)C(c1ncn2c1CCC2)N1Cc2c(F)cc(-c3ccc(C4(CC)CC45CC5CN4CCC(CC)CC4)cc3)cc2C1=C. The van der Waals surface area contributed by atoms with Crippen LogP contribution in [0.5, 0.6) is 0 Å². The highest BCUT2D eigenvalue weighted by atomic mass is 19.1. The maximum atomic E-state index is 16.1. The van der Waals surface area contributed by atoms with Crippen molar-refractivity contribution < 1.29 is 4.39 Å². The maximum Gasteiger partial charge on any atom is 0.129 e. The van der Waals surface area contributed by atoms with Crippen LogP contribution in [0.1, 0.15) is 107 Å². The van der Waals surface area contributed by atoms with E-state index in [1.165, 1.54) is 69.4 Å². The minimum absolute atomic E-state index is 0.191. The number of aryl methyl sites for hydroxylation is 1. The van der Waals surface area contributed by atoms with E-state index >= 15 is 4.39 Å². The summed E-state index contributed by atoms with van der Waals surface area (Å²) >= 11 is 0. The lowest BCUT2D eigenvalue weighted by atomic mass is 9.87. The van der Waals surface area contributed by atoms with Crippen molar-refractivity contribution in [3.05, 3.63) is 108 Å². The fourth-order valence-corrected chi connectivity index (χ4v) is 10.3. The van der Waals surface area contributed by atoms with Crippen molar-refractivity contribution in [3.8, 4) is 11.1 Å². The molecule has 3 fully saturated rings. The third kappa shape index (κ3) is 5.80. The number of nitrogens with one attached hydrogen (secondary N) is 1. The molecular weight excluding hydrogens is 632 g/mol. The molecule has 5 aliphatic rings. The molecule has 0 bridgehead atoms. The van der Waals surface area contributed by atoms with Crippen LogP contribution >= 0.6 is 0 Å². The van der Waals surface area contributed by atoms with Gasteiger partial charge in [-0.2, -0.15) is 0 Å². The molecule has 0 radical (unpaired) electrons. The zero-order valence-electron chi connectivity index (χ0n) is 31.1. The van der Waals surface area contributed by atoms with Crippen LogP contribution in [0.15, 0.2) is 78.8 Å². The molecule has 1 saturated heterocycles. The number of piperidine rings is 1.